The highest BCUT2D eigenvalue weighted by molar-refractivity contribution is 6.25. The molecule has 0 radical (unpaired) electrons. The lowest BCUT2D eigenvalue weighted by Crippen LogP contribution is -2.54. The van der Waals surface area contributed by atoms with Gasteiger partial charge in [0, 0.05) is 43.4 Å². The monoisotopic (exact) mass is 596 g/mol. The summed E-state index contributed by atoms with van der Waals surface area (Å²) in [5.74, 6) is -7.24. The number of alkyl halides is 3. The average Bonchev–Trinajstić information content (AvgIpc) is 3.17. The molecule has 2 aromatic rings. The number of ether oxygens (including phenoxy) is 1. The topological polar surface area (TPSA) is 183 Å². The first-order chi connectivity index (χ1) is 19.7. The van der Waals surface area contributed by atoms with Crippen LogP contribution in [0.15, 0.2) is 23.1 Å². The van der Waals surface area contributed by atoms with Crippen molar-refractivity contribution in [1.82, 2.24) is 15.2 Å². The van der Waals surface area contributed by atoms with Gasteiger partial charge in [-0.3, -0.25) is 34.2 Å². The summed E-state index contributed by atoms with van der Waals surface area (Å²) in [4.78, 5) is 89.1. The van der Waals surface area contributed by atoms with Crippen molar-refractivity contribution in [3.05, 3.63) is 62.3 Å². The number of pyridine rings is 1. The van der Waals surface area contributed by atoms with E-state index in [9.17, 15) is 41.9 Å². The van der Waals surface area contributed by atoms with Crippen LogP contribution >= 0.6 is 0 Å². The van der Waals surface area contributed by atoms with Crippen molar-refractivity contribution in [2.24, 2.45) is 0 Å². The van der Waals surface area contributed by atoms with Gasteiger partial charge in [-0.15, -0.1) is 0 Å². The third-order valence-electron chi connectivity index (χ3n) is 6.75. The van der Waals surface area contributed by atoms with Crippen LogP contribution in [0.3, 0.4) is 0 Å². The van der Waals surface area contributed by atoms with Gasteiger partial charge in [-0.05, 0) is 18.6 Å². The van der Waals surface area contributed by atoms with Gasteiger partial charge in [-0.25, -0.2) is 14.0 Å². The zero-order valence-electron chi connectivity index (χ0n) is 21.5. The summed E-state index contributed by atoms with van der Waals surface area (Å²) in [6.45, 7) is 0.0938. The molecule has 17 heteroatoms. The summed E-state index contributed by atoms with van der Waals surface area (Å²) in [6, 6.07) is 1.04. The van der Waals surface area contributed by atoms with E-state index in [0.29, 0.717) is 5.69 Å². The Labute approximate surface area is 232 Å². The van der Waals surface area contributed by atoms with E-state index in [4.69, 9.17) is 9.90 Å². The van der Waals surface area contributed by atoms with Crippen molar-refractivity contribution in [2.75, 3.05) is 18.6 Å². The van der Waals surface area contributed by atoms with Crippen molar-refractivity contribution < 1.29 is 56.2 Å². The molecule has 1 atom stereocenters. The minimum absolute atomic E-state index is 0.0310. The Balaban J connectivity index is 0.000000517. The highest BCUT2D eigenvalue weighted by Gasteiger charge is 2.47. The van der Waals surface area contributed by atoms with Gasteiger partial charge in [0.25, 0.3) is 11.8 Å². The predicted molar refractivity (Wildman–Crippen MR) is 130 cm³/mol. The summed E-state index contributed by atoms with van der Waals surface area (Å²) in [7, 11) is 1.15. The predicted octanol–water partition coefficient (Wildman–Crippen LogP) is 0.898. The number of carbonyl (C=O) groups is 6. The number of fused-ring (bicyclic) bond motifs is 2. The molecule has 4 amide bonds. The van der Waals surface area contributed by atoms with Crippen LogP contribution in [0.1, 0.15) is 55.2 Å². The molecule has 0 saturated carbocycles. The Bertz CT molecular complexity index is 1600. The number of esters is 1. The molecule has 1 aromatic heterocycles. The lowest BCUT2D eigenvalue weighted by Gasteiger charge is -2.32. The van der Waals surface area contributed by atoms with Crippen molar-refractivity contribution in [3.63, 3.8) is 0 Å². The summed E-state index contributed by atoms with van der Waals surface area (Å²) >= 11 is 0. The standard InChI is InChI=1S/C23H19FN4O7.C2HF3O2/c1-35-23(34)11-8-25-14-6-7-27(9-12(14)19(11)30)18-13(24)3-2-10-17(18)22(33)28(21(10)32)15-4-5-16(29)26-20(15)31;3-2(4,5)1(6)7/h2-3,8,15H,4-7,9H2,1H3,(H,25,30)(H,26,29,31);(H,6,7). The average molecular weight is 596 g/mol. The van der Waals surface area contributed by atoms with E-state index in [2.05, 4.69) is 15.0 Å². The maximum absolute atomic E-state index is 15.2. The minimum Gasteiger partial charge on any atom is -0.475 e. The van der Waals surface area contributed by atoms with E-state index >= 15 is 4.39 Å². The molecule has 0 aliphatic carbocycles. The number of aromatic amines is 1. The fraction of sp³-hybridized carbons (Fsp3) is 0.320. The van der Waals surface area contributed by atoms with Crippen LogP contribution in [-0.4, -0.2) is 76.4 Å². The number of nitrogens with zero attached hydrogens (tertiary/aromatic N) is 2. The van der Waals surface area contributed by atoms with Gasteiger partial charge in [0.1, 0.15) is 17.4 Å². The molecule has 42 heavy (non-hydrogen) atoms. The number of rotatable bonds is 3. The number of imide groups is 2. The number of halogens is 4. The zero-order chi connectivity index (χ0) is 31.1. The molecule has 3 aliphatic heterocycles. The van der Waals surface area contributed by atoms with E-state index in [1.807, 2.05) is 0 Å². The number of carbonyl (C=O) groups excluding carboxylic acids is 5. The number of carboxylic acids is 1. The van der Waals surface area contributed by atoms with Gasteiger partial charge in [-0.1, -0.05) is 0 Å². The number of hydrogen-bond donors (Lipinski definition) is 3. The summed E-state index contributed by atoms with van der Waals surface area (Å²) in [6.07, 6.45) is -3.60. The SMILES string of the molecule is COC(=O)c1c[nH]c2c(c1=O)CN(c1c(F)ccc3c1C(=O)N(C1CCC(=O)NC1=O)C3=O)CC2.O=C(O)C(F)(F)F. The van der Waals surface area contributed by atoms with Crippen LogP contribution in [-0.2, 0) is 32.1 Å². The molecule has 3 N–H and O–H groups in total. The number of amides is 4. The molecule has 3 aliphatic rings. The molecule has 1 aromatic carbocycles. The Morgan fingerprint density at radius 2 is 1.74 bits per heavy atom. The molecule has 5 rings (SSSR count). The Morgan fingerprint density at radius 3 is 2.33 bits per heavy atom. The van der Waals surface area contributed by atoms with Gasteiger partial charge in [0.05, 0.1) is 23.9 Å². The summed E-state index contributed by atoms with van der Waals surface area (Å²) < 4.78 is 51.5. The van der Waals surface area contributed by atoms with Gasteiger partial charge < -0.3 is 19.7 Å². The molecule has 0 spiro atoms. The number of hydrogen-bond acceptors (Lipinski definition) is 9. The normalized spacial score (nSPS) is 18.1. The van der Waals surface area contributed by atoms with Crippen molar-refractivity contribution in [1.29, 1.82) is 0 Å². The number of carboxylic acid groups (broad SMARTS) is 1. The first kappa shape index (κ1) is 29.9. The Kier molecular flexibility index (Phi) is 7.87. The van der Waals surface area contributed by atoms with Gasteiger partial charge in [-0.2, -0.15) is 13.2 Å². The molecular formula is C25H20F4N4O9. The lowest BCUT2D eigenvalue weighted by atomic mass is 9.99. The van der Waals surface area contributed by atoms with Crippen LogP contribution in [0.5, 0.6) is 0 Å². The summed E-state index contributed by atoms with van der Waals surface area (Å²) in [5, 5.41) is 9.24. The first-order valence-corrected chi connectivity index (χ1v) is 12.1. The molecule has 0 bridgehead atoms. The van der Waals surface area contributed by atoms with Crippen LogP contribution in [0, 0.1) is 5.82 Å². The third-order valence-corrected chi connectivity index (χ3v) is 6.75. The fourth-order valence-electron chi connectivity index (χ4n) is 4.79. The number of aliphatic carboxylic acids is 1. The van der Waals surface area contributed by atoms with Crippen LogP contribution in [0.2, 0.25) is 0 Å². The zero-order valence-corrected chi connectivity index (χ0v) is 21.5. The van der Waals surface area contributed by atoms with Gasteiger partial charge >= 0.3 is 18.1 Å². The van der Waals surface area contributed by atoms with Crippen LogP contribution < -0.4 is 15.6 Å². The number of anilines is 1. The molecular weight excluding hydrogens is 576 g/mol. The number of benzene rings is 1. The van der Waals surface area contributed by atoms with E-state index in [-0.39, 0.29) is 60.3 Å². The van der Waals surface area contributed by atoms with E-state index in [1.54, 1.807) is 0 Å². The number of piperidine rings is 1. The lowest BCUT2D eigenvalue weighted by molar-refractivity contribution is -0.192. The highest BCUT2D eigenvalue weighted by Crippen LogP contribution is 2.37. The van der Waals surface area contributed by atoms with Crippen molar-refractivity contribution >= 4 is 41.3 Å². The third kappa shape index (κ3) is 5.31. The van der Waals surface area contributed by atoms with Gasteiger partial charge in [0.15, 0.2) is 0 Å². The minimum atomic E-state index is -5.08. The van der Waals surface area contributed by atoms with Crippen LogP contribution in [0.4, 0.5) is 23.2 Å². The number of nitrogens with one attached hydrogen (secondary N) is 2. The smallest absolute Gasteiger partial charge is 0.475 e. The second-order valence-electron chi connectivity index (χ2n) is 9.22. The molecule has 4 heterocycles. The van der Waals surface area contributed by atoms with Crippen LogP contribution in [0.25, 0.3) is 0 Å². The van der Waals surface area contributed by atoms with Crippen molar-refractivity contribution in [3.8, 4) is 0 Å². The first-order valence-electron chi connectivity index (χ1n) is 12.1. The van der Waals surface area contributed by atoms with E-state index in [0.717, 1.165) is 18.1 Å². The fourth-order valence-corrected chi connectivity index (χ4v) is 4.79. The number of aromatic nitrogens is 1. The molecule has 1 saturated heterocycles. The Hall–Kier alpha value is -5.09. The quantitative estimate of drug-likeness (QED) is 0.261. The molecule has 1 unspecified atom stereocenters. The maximum atomic E-state index is 15.2. The number of methoxy groups -OCH3 is 1. The number of H-pyrrole nitrogens is 1. The highest BCUT2D eigenvalue weighted by atomic mass is 19.4. The second kappa shape index (κ2) is 11.1. The Morgan fingerprint density at radius 1 is 1.07 bits per heavy atom. The molecule has 222 valence electrons. The maximum Gasteiger partial charge on any atom is 0.490 e. The summed E-state index contributed by atoms with van der Waals surface area (Å²) in [5.41, 5.74) is -0.431. The van der Waals surface area contributed by atoms with Crippen molar-refractivity contribution in [2.45, 2.75) is 38.0 Å². The molecule has 13 nitrogen and oxygen atoms in total. The van der Waals surface area contributed by atoms with E-state index < -0.39 is 59.0 Å². The van der Waals surface area contributed by atoms with Gasteiger partial charge in [0.2, 0.25) is 17.2 Å². The molecule has 1 fully saturated rings. The second-order valence-corrected chi connectivity index (χ2v) is 9.22. The largest absolute Gasteiger partial charge is 0.490 e. The van der Waals surface area contributed by atoms with E-state index in [1.165, 1.54) is 17.2 Å².